The van der Waals surface area contributed by atoms with Gasteiger partial charge in [-0.05, 0) is 66.4 Å². The minimum atomic E-state index is -0.244. The summed E-state index contributed by atoms with van der Waals surface area (Å²) in [6.45, 7) is 0. The van der Waals surface area contributed by atoms with Crippen LogP contribution in [0.3, 0.4) is 0 Å². The van der Waals surface area contributed by atoms with Gasteiger partial charge in [0, 0.05) is 28.4 Å². The van der Waals surface area contributed by atoms with Crippen LogP contribution < -0.4 is 10.6 Å². The normalized spacial score (nSPS) is 15.7. The molecule has 29 heavy (non-hydrogen) atoms. The number of amides is 2. The standard InChI is InChI=1S/C21H20N6O2/c28-20(13-7-8-13)22-17-6-2-4-15(12-17)21(29)23-16-5-1-3-14(11-16)19-24-25-26-27(19)18-9-10-18/h1-6,11-13,18H,7-10H2,(H,22,28)(H,23,29). The van der Waals surface area contributed by atoms with Crippen LogP contribution in [0.1, 0.15) is 42.1 Å². The van der Waals surface area contributed by atoms with E-state index in [1.54, 1.807) is 24.3 Å². The number of carbonyl (C=O) groups excluding carboxylic acids is 2. The molecule has 8 nitrogen and oxygen atoms in total. The maximum absolute atomic E-state index is 12.7. The Labute approximate surface area is 167 Å². The predicted octanol–water partition coefficient (Wildman–Crippen LogP) is 3.28. The molecule has 2 aromatic carbocycles. The maximum Gasteiger partial charge on any atom is 0.255 e. The Hall–Kier alpha value is -3.55. The van der Waals surface area contributed by atoms with Crippen LogP contribution in [0.4, 0.5) is 11.4 Å². The number of hydrogen-bond donors (Lipinski definition) is 2. The fourth-order valence-electron chi connectivity index (χ4n) is 3.22. The average Bonchev–Trinajstić information content (AvgIpc) is 3.66. The van der Waals surface area contributed by atoms with Crippen molar-refractivity contribution in [2.45, 2.75) is 31.7 Å². The topological polar surface area (TPSA) is 102 Å². The zero-order valence-corrected chi connectivity index (χ0v) is 15.7. The van der Waals surface area contributed by atoms with Gasteiger partial charge in [-0.1, -0.05) is 18.2 Å². The van der Waals surface area contributed by atoms with Gasteiger partial charge in [0.15, 0.2) is 5.82 Å². The van der Waals surface area contributed by atoms with Crippen molar-refractivity contribution in [2.75, 3.05) is 10.6 Å². The van der Waals surface area contributed by atoms with Crippen LogP contribution in [-0.2, 0) is 4.79 Å². The first-order valence-electron chi connectivity index (χ1n) is 9.78. The second kappa shape index (κ2) is 7.12. The van der Waals surface area contributed by atoms with Crippen molar-refractivity contribution in [3.8, 4) is 11.4 Å². The molecule has 1 aromatic heterocycles. The fraction of sp³-hybridized carbons (Fsp3) is 0.286. The summed E-state index contributed by atoms with van der Waals surface area (Å²) in [5, 5.41) is 17.8. The molecule has 2 saturated carbocycles. The van der Waals surface area contributed by atoms with Crippen LogP contribution in [-0.4, -0.2) is 32.0 Å². The predicted molar refractivity (Wildman–Crippen MR) is 107 cm³/mol. The molecule has 0 atom stereocenters. The molecule has 5 rings (SSSR count). The van der Waals surface area contributed by atoms with E-state index in [-0.39, 0.29) is 17.7 Å². The third kappa shape index (κ3) is 3.87. The van der Waals surface area contributed by atoms with Gasteiger partial charge in [0.1, 0.15) is 0 Å². The summed E-state index contributed by atoms with van der Waals surface area (Å²) in [7, 11) is 0. The lowest BCUT2D eigenvalue weighted by atomic mass is 10.1. The Morgan fingerprint density at radius 1 is 0.931 bits per heavy atom. The van der Waals surface area contributed by atoms with Crippen molar-refractivity contribution < 1.29 is 9.59 Å². The number of hydrogen-bond acceptors (Lipinski definition) is 5. The van der Waals surface area contributed by atoms with E-state index in [9.17, 15) is 9.59 Å². The SMILES string of the molecule is O=C(Nc1cccc(-c2nnnn2C2CC2)c1)c1cccc(NC(=O)C2CC2)c1. The molecular weight excluding hydrogens is 368 g/mol. The molecule has 0 unspecified atom stereocenters. The second-order valence-electron chi connectivity index (χ2n) is 7.56. The summed E-state index contributed by atoms with van der Waals surface area (Å²) in [4.78, 5) is 24.7. The first-order chi connectivity index (χ1) is 14.2. The van der Waals surface area contributed by atoms with Crippen LogP contribution in [0.25, 0.3) is 11.4 Å². The van der Waals surface area contributed by atoms with Crippen molar-refractivity contribution >= 4 is 23.2 Å². The number of nitrogens with zero attached hydrogens (tertiary/aromatic N) is 4. The molecule has 0 radical (unpaired) electrons. The monoisotopic (exact) mass is 388 g/mol. The number of nitrogens with one attached hydrogen (secondary N) is 2. The molecule has 3 aromatic rings. The van der Waals surface area contributed by atoms with Gasteiger partial charge < -0.3 is 10.6 Å². The van der Waals surface area contributed by atoms with E-state index in [0.29, 0.717) is 28.8 Å². The van der Waals surface area contributed by atoms with Crippen molar-refractivity contribution in [1.29, 1.82) is 0 Å². The van der Waals surface area contributed by atoms with Gasteiger partial charge in [-0.15, -0.1) is 5.10 Å². The summed E-state index contributed by atoms with van der Waals surface area (Å²) in [6.07, 6.45) is 4.04. The summed E-state index contributed by atoms with van der Waals surface area (Å²) < 4.78 is 1.84. The van der Waals surface area contributed by atoms with E-state index in [1.807, 2.05) is 28.9 Å². The molecule has 2 aliphatic rings. The Kier molecular flexibility index (Phi) is 4.31. The van der Waals surface area contributed by atoms with E-state index < -0.39 is 0 Å². The van der Waals surface area contributed by atoms with Gasteiger partial charge in [-0.3, -0.25) is 9.59 Å². The van der Waals surface area contributed by atoms with Gasteiger partial charge in [-0.25, -0.2) is 4.68 Å². The van der Waals surface area contributed by atoms with Gasteiger partial charge in [0.05, 0.1) is 6.04 Å². The lowest BCUT2D eigenvalue weighted by molar-refractivity contribution is -0.117. The number of anilines is 2. The smallest absolute Gasteiger partial charge is 0.255 e. The molecule has 0 bridgehead atoms. The first-order valence-corrected chi connectivity index (χ1v) is 9.78. The fourth-order valence-corrected chi connectivity index (χ4v) is 3.22. The molecule has 0 saturated heterocycles. The first kappa shape index (κ1) is 17.5. The van der Waals surface area contributed by atoms with Crippen LogP contribution >= 0.6 is 0 Å². The van der Waals surface area contributed by atoms with Crippen LogP contribution in [0.15, 0.2) is 48.5 Å². The Balaban J connectivity index is 1.32. The minimum Gasteiger partial charge on any atom is -0.326 e. The Bertz CT molecular complexity index is 1080. The highest BCUT2D eigenvalue weighted by atomic mass is 16.2. The highest BCUT2D eigenvalue weighted by Crippen LogP contribution is 2.36. The quantitative estimate of drug-likeness (QED) is 0.675. The van der Waals surface area contributed by atoms with Gasteiger partial charge >= 0.3 is 0 Å². The molecule has 2 aliphatic carbocycles. The number of carbonyl (C=O) groups is 2. The molecule has 1 heterocycles. The number of rotatable bonds is 6. The number of benzene rings is 2. The molecule has 2 fully saturated rings. The lowest BCUT2D eigenvalue weighted by Gasteiger charge is -2.09. The lowest BCUT2D eigenvalue weighted by Crippen LogP contribution is -2.15. The van der Waals surface area contributed by atoms with Crippen molar-refractivity contribution in [3.63, 3.8) is 0 Å². The van der Waals surface area contributed by atoms with Crippen LogP contribution in [0, 0.1) is 5.92 Å². The maximum atomic E-state index is 12.7. The summed E-state index contributed by atoms with van der Waals surface area (Å²) in [5.74, 6) is 0.589. The molecule has 8 heteroatoms. The van der Waals surface area contributed by atoms with Crippen molar-refractivity contribution in [2.24, 2.45) is 5.92 Å². The zero-order chi connectivity index (χ0) is 19.8. The van der Waals surface area contributed by atoms with E-state index in [2.05, 4.69) is 26.2 Å². The Morgan fingerprint density at radius 3 is 2.45 bits per heavy atom. The molecule has 146 valence electrons. The minimum absolute atomic E-state index is 0.0173. The average molecular weight is 388 g/mol. The highest BCUT2D eigenvalue weighted by molar-refractivity contribution is 6.05. The van der Waals surface area contributed by atoms with E-state index in [1.165, 1.54) is 0 Å². The van der Waals surface area contributed by atoms with E-state index >= 15 is 0 Å². The van der Waals surface area contributed by atoms with Crippen LogP contribution in [0.5, 0.6) is 0 Å². The summed E-state index contributed by atoms with van der Waals surface area (Å²) in [5.41, 5.74) is 2.62. The van der Waals surface area contributed by atoms with Gasteiger partial charge in [0.2, 0.25) is 5.91 Å². The second-order valence-corrected chi connectivity index (χ2v) is 7.56. The van der Waals surface area contributed by atoms with Crippen molar-refractivity contribution in [1.82, 2.24) is 20.2 Å². The Morgan fingerprint density at radius 2 is 1.69 bits per heavy atom. The van der Waals surface area contributed by atoms with Gasteiger partial charge in [-0.2, -0.15) is 0 Å². The molecule has 2 amide bonds. The number of tetrazole rings is 1. The molecule has 2 N–H and O–H groups in total. The molecular formula is C21H20N6O2. The van der Waals surface area contributed by atoms with Crippen LogP contribution in [0.2, 0.25) is 0 Å². The molecule has 0 spiro atoms. The largest absolute Gasteiger partial charge is 0.326 e. The van der Waals surface area contributed by atoms with Crippen molar-refractivity contribution in [3.05, 3.63) is 54.1 Å². The molecule has 0 aliphatic heterocycles. The summed E-state index contributed by atoms with van der Waals surface area (Å²) in [6, 6.07) is 14.8. The van der Waals surface area contributed by atoms with E-state index in [0.717, 1.165) is 31.2 Å². The third-order valence-corrected chi connectivity index (χ3v) is 5.10. The zero-order valence-electron chi connectivity index (χ0n) is 15.7. The summed E-state index contributed by atoms with van der Waals surface area (Å²) >= 11 is 0. The van der Waals surface area contributed by atoms with E-state index in [4.69, 9.17) is 0 Å². The van der Waals surface area contributed by atoms with Gasteiger partial charge in [0.25, 0.3) is 5.91 Å². The number of aromatic nitrogens is 4. The highest BCUT2D eigenvalue weighted by Gasteiger charge is 2.30. The third-order valence-electron chi connectivity index (χ3n) is 5.10.